The molecule has 0 aromatic heterocycles. The van der Waals surface area contributed by atoms with Gasteiger partial charge in [0.25, 0.3) is 0 Å². The van der Waals surface area contributed by atoms with Crippen molar-refractivity contribution in [3.8, 4) is 0 Å². The van der Waals surface area contributed by atoms with Gasteiger partial charge in [0, 0.05) is 18.1 Å². The first-order valence-corrected chi connectivity index (χ1v) is 5.01. The number of nitrogens with zero attached hydrogens (tertiary/aromatic N) is 1. The molecule has 1 unspecified atom stereocenters. The second-order valence-electron chi connectivity index (χ2n) is 3.65. The molecule has 0 saturated carbocycles. The van der Waals surface area contributed by atoms with E-state index in [0.29, 0.717) is 6.04 Å². The first-order chi connectivity index (χ1) is 6.36. The quantitative estimate of drug-likeness (QED) is 0.738. The predicted octanol–water partition coefficient (Wildman–Crippen LogP) is 2.53. The molecule has 0 bridgehead atoms. The number of hydrazine groups is 1. The lowest BCUT2D eigenvalue weighted by molar-refractivity contribution is 0.204. The molecule has 4 heteroatoms. The molecule has 1 aromatic carbocycles. The van der Waals surface area contributed by atoms with Crippen molar-refractivity contribution in [1.29, 1.82) is 0 Å². The summed E-state index contributed by atoms with van der Waals surface area (Å²) in [7, 11) is 0. The minimum Gasteiger partial charge on any atom is -0.254 e. The summed E-state index contributed by atoms with van der Waals surface area (Å²) < 4.78 is 0. The maximum absolute atomic E-state index is 6.13. The molecule has 0 amide bonds. The molecule has 14 heavy (non-hydrogen) atoms. The Hall–Kier alpha value is -0.280. The highest BCUT2D eigenvalue weighted by molar-refractivity contribution is 6.31. The monoisotopic (exact) mass is 230 g/mol. The van der Waals surface area contributed by atoms with Crippen molar-refractivity contribution in [2.45, 2.75) is 19.0 Å². The summed E-state index contributed by atoms with van der Waals surface area (Å²) in [4.78, 5) is 0. The third kappa shape index (κ3) is 1.34. The Labute approximate surface area is 94.6 Å². The van der Waals surface area contributed by atoms with Crippen LogP contribution < -0.4 is 5.43 Å². The molecule has 1 aromatic rings. The van der Waals surface area contributed by atoms with Gasteiger partial charge in [0.15, 0.2) is 0 Å². The highest BCUT2D eigenvalue weighted by Crippen LogP contribution is 2.39. The van der Waals surface area contributed by atoms with Gasteiger partial charge in [-0.1, -0.05) is 23.7 Å². The molecular formula is C10H12Cl2N2. The maximum Gasteiger partial charge on any atom is 0.0513 e. The highest BCUT2D eigenvalue weighted by atomic mass is 35.5. The van der Waals surface area contributed by atoms with Crippen LogP contribution in [0.25, 0.3) is 0 Å². The van der Waals surface area contributed by atoms with E-state index in [1.165, 1.54) is 17.5 Å². The zero-order chi connectivity index (χ0) is 8.84. The van der Waals surface area contributed by atoms with Crippen LogP contribution in [0.4, 0.5) is 0 Å². The summed E-state index contributed by atoms with van der Waals surface area (Å²) >= 11 is 6.13. The Kier molecular flexibility index (Phi) is 2.71. The molecule has 0 radical (unpaired) electrons. The summed E-state index contributed by atoms with van der Waals surface area (Å²) in [5, 5.41) is 3.20. The average Bonchev–Trinajstić information content (AvgIpc) is 2.65. The Morgan fingerprint density at radius 2 is 2.29 bits per heavy atom. The molecule has 2 nitrogen and oxygen atoms in total. The van der Waals surface area contributed by atoms with Crippen LogP contribution in [-0.2, 0) is 6.54 Å². The minimum atomic E-state index is 0. The van der Waals surface area contributed by atoms with Gasteiger partial charge >= 0.3 is 0 Å². The second kappa shape index (κ2) is 3.70. The van der Waals surface area contributed by atoms with Crippen LogP contribution in [0.2, 0.25) is 5.02 Å². The van der Waals surface area contributed by atoms with Crippen molar-refractivity contribution < 1.29 is 0 Å². The number of halogens is 2. The number of hydrogen-bond acceptors (Lipinski definition) is 2. The predicted molar refractivity (Wildman–Crippen MR) is 59.6 cm³/mol. The van der Waals surface area contributed by atoms with Gasteiger partial charge in [0.2, 0.25) is 0 Å². The number of rotatable bonds is 0. The van der Waals surface area contributed by atoms with E-state index in [4.69, 9.17) is 11.6 Å². The summed E-state index contributed by atoms with van der Waals surface area (Å²) in [5.74, 6) is 0. The van der Waals surface area contributed by atoms with Crippen molar-refractivity contribution in [2.75, 3.05) is 6.54 Å². The molecule has 1 atom stereocenters. The van der Waals surface area contributed by atoms with Crippen molar-refractivity contribution in [1.82, 2.24) is 10.4 Å². The second-order valence-corrected chi connectivity index (χ2v) is 4.06. The van der Waals surface area contributed by atoms with Gasteiger partial charge in [0.1, 0.15) is 0 Å². The van der Waals surface area contributed by atoms with Gasteiger partial charge < -0.3 is 0 Å². The number of nitrogens with one attached hydrogen (secondary N) is 1. The molecule has 1 fully saturated rings. The standard InChI is InChI=1S/C10H11ClN2.ClH/c11-9-3-1-2-7-8(9)6-13-10(7)4-5-12-13;/h1-3,10,12H,4-6H2;1H. The number of benzene rings is 1. The summed E-state index contributed by atoms with van der Waals surface area (Å²) in [6.45, 7) is 2.05. The molecule has 1 saturated heterocycles. The van der Waals surface area contributed by atoms with E-state index in [-0.39, 0.29) is 12.4 Å². The van der Waals surface area contributed by atoms with Gasteiger partial charge in [-0.2, -0.15) is 0 Å². The van der Waals surface area contributed by atoms with E-state index in [1.807, 2.05) is 12.1 Å². The third-order valence-electron chi connectivity index (χ3n) is 2.95. The smallest absolute Gasteiger partial charge is 0.0513 e. The Morgan fingerprint density at radius 1 is 1.43 bits per heavy atom. The van der Waals surface area contributed by atoms with E-state index in [0.717, 1.165) is 18.1 Å². The molecule has 76 valence electrons. The molecule has 0 spiro atoms. The fourth-order valence-corrected chi connectivity index (χ4v) is 2.57. The first-order valence-electron chi connectivity index (χ1n) is 4.64. The topological polar surface area (TPSA) is 15.3 Å². The van der Waals surface area contributed by atoms with E-state index >= 15 is 0 Å². The van der Waals surface area contributed by atoms with Gasteiger partial charge in [-0.25, -0.2) is 5.01 Å². The molecule has 2 aliphatic rings. The first kappa shape index (κ1) is 10.2. The minimum absolute atomic E-state index is 0. The lowest BCUT2D eigenvalue weighted by Crippen LogP contribution is -2.27. The van der Waals surface area contributed by atoms with Crippen LogP contribution in [0.5, 0.6) is 0 Å². The molecule has 1 N–H and O–H groups in total. The van der Waals surface area contributed by atoms with Crippen molar-refractivity contribution in [3.63, 3.8) is 0 Å². The SMILES string of the molecule is Cl.Clc1cccc2c1CN1NCCC21. The summed E-state index contributed by atoms with van der Waals surface area (Å²) in [6.07, 6.45) is 1.20. The van der Waals surface area contributed by atoms with E-state index in [9.17, 15) is 0 Å². The Balaban J connectivity index is 0.000000750. The van der Waals surface area contributed by atoms with Crippen LogP contribution in [0.1, 0.15) is 23.6 Å². The molecule has 2 heterocycles. The van der Waals surface area contributed by atoms with Crippen molar-refractivity contribution in [2.24, 2.45) is 0 Å². The van der Waals surface area contributed by atoms with Crippen LogP contribution in [-0.4, -0.2) is 11.6 Å². The van der Waals surface area contributed by atoms with E-state index in [2.05, 4.69) is 16.5 Å². The van der Waals surface area contributed by atoms with Crippen LogP contribution >= 0.6 is 24.0 Å². The third-order valence-corrected chi connectivity index (χ3v) is 3.31. The number of fused-ring (bicyclic) bond motifs is 3. The maximum atomic E-state index is 6.13. The molecule has 3 rings (SSSR count). The summed E-state index contributed by atoms with van der Waals surface area (Å²) in [5.41, 5.74) is 6.09. The largest absolute Gasteiger partial charge is 0.254 e. The zero-order valence-electron chi connectivity index (χ0n) is 7.66. The van der Waals surface area contributed by atoms with E-state index < -0.39 is 0 Å². The zero-order valence-corrected chi connectivity index (χ0v) is 9.24. The van der Waals surface area contributed by atoms with Gasteiger partial charge in [-0.15, -0.1) is 12.4 Å². The fraction of sp³-hybridized carbons (Fsp3) is 0.400. The van der Waals surface area contributed by atoms with Crippen molar-refractivity contribution >= 4 is 24.0 Å². The van der Waals surface area contributed by atoms with Crippen LogP contribution in [0.3, 0.4) is 0 Å². The Morgan fingerprint density at radius 3 is 3.14 bits per heavy atom. The van der Waals surface area contributed by atoms with Gasteiger partial charge in [-0.05, 0) is 23.6 Å². The Bertz CT molecular complexity index is 354. The van der Waals surface area contributed by atoms with Crippen LogP contribution in [0, 0.1) is 0 Å². The van der Waals surface area contributed by atoms with Gasteiger partial charge in [0.05, 0.1) is 6.04 Å². The highest BCUT2D eigenvalue weighted by Gasteiger charge is 2.34. The number of hydrogen-bond donors (Lipinski definition) is 1. The summed E-state index contributed by atoms with van der Waals surface area (Å²) in [6, 6.07) is 6.78. The van der Waals surface area contributed by atoms with Crippen LogP contribution in [0.15, 0.2) is 18.2 Å². The fourth-order valence-electron chi connectivity index (χ4n) is 2.33. The van der Waals surface area contributed by atoms with Gasteiger partial charge in [-0.3, -0.25) is 5.43 Å². The molecule has 0 aliphatic carbocycles. The lowest BCUT2D eigenvalue weighted by Gasteiger charge is -2.13. The lowest BCUT2D eigenvalue weighted by atomic mass is 10.0. The molecular weight excluding hydrogens is 219 g/mol. The van der Waals surface area contributed by atoms with Crippen molar-refractivity contribution in [3.05, 3.63) is 34.3 Å². The molecule has 2 aliphatic heterocycles. The van der Waals surface area contributed by atoms with E-state index in [1.54, 1.807) is 0 Å². The average molecular weight is 231 g/mol. The normalized spacial score (nSPS) is 24.2.